The summed E-state index contributed by atoms with van der Waals surface area (Å²) in [5.41, 5.74) is 0.115. The number of nitrogens with zero attached hydrogens (tertiary/aromatic N) is 1. The third-order valence-electron chi connectivity index (χ3n) is 5.88. The Kier molecular flexibility index (Phi) is 3.87. The third-order valence-corrected chi connectivity index (χ3v) is 5.88. The topological polar surface area (TPSA) is 113 Å². The fourth-order valence-electron chi connectivity index (χ4n) is 4.75. The maximum Gasteiger partial charge on any atom is 0.291 e. The lowest BCUT2D eigenvalue weighted by molar-refractivity contribution is -0.738. The highest BCUT2D eigenvalue weighted by Crippen LogP contribution is 2.49. The van der Waals surface area contributed by atoms with Gasteiger partial charge in [-0.2, -0.15) is 0 Å². The molecule has 26 heavy (non-hydrogen) atoms. The molecule has 8 nitrogen and oxygen atoms in total. The Morgan fingerprint density at radius 2 is 2.04 bits per heavy atom. The van der Waals surface area contributed by atoms with Gasteiger partial charge >= 0.3 is 0 Å². The van der Waals surface area contributed by atoms with Gasteiger partial charge in [-0.25, -0.2) is 0 Å². The molecule has 3 aliphatic heterocycles. The van der Waals surface area contributed by atoms with Gasteiger partial charge in [0.25, 0.3) is 5.91 Å². The molecule has 8 heteroatoms. The Morgan fingerprint density at radius 3 is 2.73 bits per heavy atom. The molecule has 0 bridgehead atoms. The number of para-hydroxylation sites is 1. The third kappa shape index (κ3) is 2.03. The van der Waals surface area contributed by atoms with E-state index >= 15 is 0 Å². The molecule has 0 saturated carbocycles. The number of likely N-dealkylation sites (tertiary alicyclic amines) is 1. The average molecular weight is 360 g/mol. The maximum atomic E-state index is 13.2. The van der Waals surface area contributed by atoms with Gasteiger partial charge < -0.3 is 20.5 Å². The van der Waals surface area contributed by atoms with Gasteiger partial charge in [-0.15, -0.1) is 0 Å². The lowest BCUT2D eigenvalue weighted by Crippen LogP contribution is -3.00. The van der Waals surface area contributed by atoms with Crippen molar-refractivity contribution in [3.05, 3.63) is 29.8 Å². The number of quaternary nitrogens is 1. The van der Waals surface area contributed by atoms with Crippen LogP contribution in [0, 0.1) is 11.8 Å². The second-order valence-corrected chi connectivity index (χ2v) is 7.18. The van der Waals surface area contributed by atoms with Crippen molar-refractivity contribution in [3.63, 3.8) is 0 Å². The molecule has 5 atom stereocenters. The first-order chi connectivity index (χ1) is 12.4. The summed E-state index contributed by atoms with van der Waals surface area (Å²) in [6.45, 7) is 1.97. The van der Waals surface area contributed by atoms with Crippen molar-refractivity contribution < 1.29 is 29.5 Å². The minimum absolute atomic E-state index is 0.146. The van der Waals surface area contributed by atoms with E-state index in [1.54, 1.807) is 24.4 Å². The van der Waals surface area contributed by atoms with Crippen LogP contribution in [0.5, 0.6) is 0 Å². The van der Waals surface area contributed by atoms with E-state index in [1.165, 1.54) is 12.0 Å². The normalized spacial score (nSPS) is 33.6. The molecule has 4 rings (SSSR count). The predicted molar refractivity (Wildman–Crippen MR) is 89.7 cm³/mol. The number of anilines is 1. The molecule has 0 aliphatic carbocycles. The predicted octanol–water partition coefficient (Wildman–Crippen LogP) is -1.59. The summed E-state index contributed by atoms with van der Waals surface area (Å²) >= 11 is 0. The van der Waals surface area contributed by atoms with Gasteiger partial charge in [-0.3, -0.25) is 19.3 Å². The minimum Gasteiger partial charge on any atom is -0.387 e. The van der Waals surface area contributed by atoms with Crippen molar-refractivity contribution in [1.29, 1.82) is 0 Å². The van der Waals surface area contributed by atoms with Crippen LogP contribution in [0.15, 0.2) is 24.3 Å². The van der Waals surface area contributed by atoms with E-state index in [2.05, 4.69) is 5.32 Å². The van der Waals surface area contributed by atoms with Crippen LogP contribution >= 0.6 is 0 Å². The summed E-state index contributed by atoms with van der Waals surface area (Å²) in [6, 6.07) is 6.64. The number of aliphatic hydroxyl groups excluding tert-OH is 1. The van der Waals surface area contributed by atoms with Gasteiger partial charge in [0.2, 0.25) is 17.4 Å². The van der Waals surface area contributed by atoms with Gasteiger partial charge in [0.1, 0.15) is 24.0 Å². The van der Waals surface area contributed by atoms with Crippen LogP contribution in [0.25, 0.3) is 0 Å². The minimum atomic E-state index is -1.22. The number of imide groups is 1. The summed E-state index contributed by atoms with van der Waals surface area (Å²) in [5.74, 6) is -2.60. The number of hydrogen-bond acceptors (Lipinski definition) is 5. The molecule has 1 aromatic rings. The maximum absolute atomic E-state index is 13.2. The Hall–Kier alpha value is -2.29. The van der Waals surface area contributed by atoms with Gasteiger partial charge in [-0.05, 0) is 13.0 Å². The first-order valence-corrected chi connectivity index (χ1v) is 8.72. The number of carbonyl (C=O) groups excluding carboxylic acids is 3. The number of hydrogen-bond donors (Lipinski definition) is 3. The highest BCUT2D eigenvalue weighted by atomic mass is 16.5. The lowest BCUT2D eigenvalue weighted by atomic mass is 9.76. The zero-order valence-corrected chi connectivity index (χ0v) is 14.6. The molecule has 4 N–H and O–H groups in total. The van der Waals surface area contributed by atoms with E-state index in [-0.39, 0.29) is 30.9 Å². The number of nitrogens with one attached hydrogen (secondary N) is 1. The van der Waals surface area contributed by atoms with Crippen LogP contribution < -0.4 is 10.6 Å². The van der Waals surface area contributed by atoms with E-state index < -0.39 is 29.5 Å². The molecule has 3 heterocycles. The number of fused-ring (bicyclic) bond motifs is 4. The van der Waals surface area contributed by atoms with Gasteiger partial charge in [-0.1, -0.05) is 18.2 Å². The highest BCUT2D eigenvalue weighted by molar-refractivity contribution is 6.13. The zero-order chi connectivity index (χ0) is 18.6. The number of benzene rings is 1. The quantitative estimate of drug-likeness (QED) is 0.561. The molecule has 138 valence electrons. The van der Waals surface area contributed by atoms with Crippen LogP contribution in [0.2, 0.25) is 0 Å². The molecule has 1 spiro atoms. The van der Waals surface area contributed by atoms with Crippen molar-refractivity contribution in [2.24, 2.45) is 11.8 Å². The van der Waals surface area contributed by atoms with E-state index in [0.717, 1.165) is 0 Å². The Labute approximate surface area is 150 Å². The van der Waals surface area contributed by atoms with E-state index in [0.29, 0.717) is 11.3 Å². The first kappa shape index (κ1) is 17.1. The summed E-state index contributed by atoms with van der Waals surface area (Å²) < 4.78 is 5.01. The lowest BCUT2D eigenvalue weighted by Gasteiger charge is -2.26. The van der Waals surface area contributed by atoms with Crippen LogP contribution in [0.3, 0.4) is 0 Å². The molecular weight excluding hydrogens is 338 g/mol. The number of amides is 3. The molecule has 2 fully saturated rings. The monoisotopic (exact) mass is 360 g/mol. The fourth-order valence-corrected chi connectivity index (χ4v) is 4.75. The van der Waals surface area contributed by atoms with Crippen molar-refractivity contribution in [2.75, 3.05) is 25.6 Å². The smallest absolute Gasteiger partial charge is 0.291 e. The highest BCUT2D eigenvalue weighted by Gasteiger charge is 2.74. The molecule has 3 aliphatic rings. The van der Waals surface area contributed by atoms with Crippen LogP contribution in [-0.2, 0) is 24.7 Å². The number of nitrogens with two attached hydrogens (primary N) is 1. The molecule has 2 saturated heterocycles. The summed E-state index contributed by atoms with van der Waals surface area (Å²) in [4.78, 5) is 40.3. The molecule has 0 aromatic heterocycles. The van der Waals surface area contributed by atoms with Crippen LogP contribution in [-0.4, -0.2) is 60.1 Å². The van der Waals surface area contributed by atoms with Gasteiger partial charge in [0, 0.05) is 12.7 Å². The van der Waals surface area contributed by atoms with Crippen molar-refractivity contribution in [2.45, 2.75) is 24.6 Å². The molecule has 1 aromatic carbocycles. The van der Waals surface area contributed by atoms with E-state index in [4.69, 9.17) is 4.74 Å². The number of rotatable bonds is 4. The molecule has 3 amide bonds. The van der Waals surface area contributed by atoms with Crippen molar-refractivity contribution in [1.82, 2.24) is 4.90 Å². The van der Waals surface area contributed by atoms with Crippen molar-refractivity contribution in [3.8, 4) is 0 Å². The summed E-state index contributed by atoms with van der Waals surface area (Å²) in [6.07, 6.45) is -0.846. The van der Waals surface area contributed by atoms with Gasteiger partial charge in [0.15, 0.2) is 0 Å². The first-order valence-electron chi connectivity index (χ1n) is 8.72. The SMILES string of the molecule is COCCN1C(=O)[C@@H]2[C@H]([C@H](C)O)[NH2+][C@]3(C(=O)Nc4ccccc43)[C@@H]2C1=O. The second kappa shape index (κ2) is 5.87. The number of aliphatic hydroxyl groups is 1. The summed E-state index contributed by atoms with van der Waals surface area (Å²) in [5, 5.41) is 14.8. The Balaban J connectivity index is 1.85. The number of methoxy groups -OCH3 is 1. The fraction of sp³-hybridized carbons (Fsp3) is 0.500. The van der Waals surface area contributed by atoms with E-state index in [1.807, 2.05) is 12.1 Å². The van der Waals surface area contributed by atoms with Crippen molar-refractivity contribution >= 4 is 23.4 Å². The standard InChI is InChI=1S/C18H21N3O5/c1-9(22)14-12-13(16(24)21(15(12)23)7-8-26-2)18(20-14)10-5-3-4-6-11(10)19-17(18)25/h3-6,9,12-14,20,22H,7-8H2,1-2H3,(H,19,25)/p+1/t9-,12-,13-,14-,18-/m0/s1. The number of ether oxygens (including phenoxy) is 1. The summed E-state index contributed by atoms with van der Waals surface area (Å²) in [7, 11) is 1.50. The van der Waals surface area contributed by atoms with E-state index in [9.17, 15) is 19.5 Å². The Morgan fingerprint density at radius 1 is 1.31 bits per heavy atom. The largest absolute Gasteiger partial charge is 0.387 e. The molecule has 0 radical (unpaired) electrons. The number of carbonyl (C=O) groups is 3. The molecule has 0 unspecified atom stereocenters. The average Bonchev–Trinajstić information content (AvgIpc) is 3.20. The van der Waals surface area contributed by atoms with Crippen LogP contribution in [0.1, 0.15) is 12.5 Å². The Bertz CT molecular complexity index is 795. The van der Waals surface area contributed by atoms with Gasteiger partial charge in [0.05, 0.1) is 18.8 Å². The van der Waals surface area contributed by atoms with Crippen LogP contribution in [0.4, 0.5) is 5.69 Å². The zero-order valence-electron chi connectivity index (χ0n) is 14.6. The second-order valence-electron chi connectivity index (χ2n) is 7.18. The molecular formula is C18H22N3O5+.